The first kappa shape index (κ1) is 13.6. The Kier molecular flexibility index (Phi) is 4.35. The van der Waals surface area contributed by atoms with Crippen LogP contribution in [-0.2, 0) is 6.42 Å². The summed E-state index contributed by atoms with van der Waals surface area (Å²) in [5, 5.41) is 9.19. The molecule has 5 heteroatoms. The van der Waals surface area contributed by atoms with Gasteiger partial charge in [0.1, 0.15) is 0 Å². The number of benzene rings is 1. The Morgan fingerprint density at radius 1 is 1.20 bits per heavy atom. The van der Waals surface area contributed by atoms with Crippen molar-refractivity contribution in [1.82, 2.24) is 15.4 Å². The standard InChI is InChI=1S/C15H17ClN3O/c16-13-3-1-2-12(10-13)15-11-14(18-20-15)4-7-19-8-5-17-6-9-19/h1-3,10-11H,4-9H2. The second-order valence-electron chi connectivity index (χ2n) is 4.96. The van der Waals surface area contributed by atoms with Crippen molar-refractivity contribution in [2.24, 2.45) is 0 Å². The molecule has 0 bridgehead atoms. The quantitative estimate of drug-likeness (QED) is 0.869. The highest BCUT2D eigenvalue weighted by Gasteiger charge is 2.12. The fourth-order valence-corrected chi connectivity index (χ4v) is 2.54. The third kappa shape index (κ3) is 3.39. The monoisotopic (exact) mass is 290 g/mol. The third-order valence-electron chi connectivity index (χ3n) is 3.50. The molecule has 20 heavy (non-hydrogen) atoms. The maximum absolute atomic E-state index is 5.99. The highest BCUT2D eigenvalue weighted by atomic mass is 35.5. The molecule has 105 valence electrons. The second kappa shape index (κ2) is 6.39. The zero-order valence-electron chi connectivity index (χ0n) is 11.3. The summed E-state index contributed by atoms with van der Waals surface area (Å²) in [6, 6.07) is 9.63. The van der Waals surface area contributed by atoms with Gasteiger partial charge in [-0.25, -0.2) is 5.32 Å². The first-order valence-corrected chi connectivity index (χ1v) is 7.26. The van der Waals surface area contributed by atoms with Crippen LogP contribution in [0.25, 0.3) is 11.3 Å². The lowest BCUT2D eigenvalue weighted by Gasteiger charge is -2.25. The number of aromatic nitrogens is 1. The van der Waals surface area contributed by atoms with E-state index in [4.69, 9.17) is 16.1 Å². The fraction of sp³-hybridized carbons (Fsp3) is 0.400. The molecule has 3 rings (SSSR count). The van der Waals surface area contributed by atoms with E-state index in [2.05, 4.69) is 15.4 Å². The summed E-state index contributed by atoms with van der Waals surface area (Å²) in [6.45, 7) is 5.02. The highest BCUT2D eigenvalue weighted by Crippen LogP contribution is 2.23. The average Bonchev–Trinajstić information content (AvgIpc) is 2.95. The van der Waals surface area contributed by atoms with Crippen LogP contribution in [0.15, 0.2) is 34.9 Å². The molecule has 1 fully saturated rings. The van der Waals surface area contributed by atoms with Crippen LogP contribution in [-0.4, -0.2) is 42.8 Å². The van der Waals surface area contributed by atoms with Gasteiger partial charge in [0.15, 0.2) is 5.76 Å². The Hall–Kier alpha value is -1.36. The first-order valence-electron chi connectivity index (χ1n) is 6.88. The highest BCUT2D eigenvalue weighted by molar-refractivity contribution is 6.30. The molecule has 1 aromatic heterocycles. The predicted octanol–water partition coefficient (Wildman–Crippen LogP) is 2.46. The molecule has 1 saturated heterocycles. The molecule has 2 aromatic rings. The summed E-state index contributed by atoms with van der Waals surface area (Å²) in [4.78, 5) is 2.42. The van der Waals surface area contributed by atoms with Crippen molar-refractivity contribution in [3.05, 3.63) is 41.0 Å². The Balaban J connectivity index is 1.61. The lowest BCUT2D eigenvalue weighted by molar-refractivity contribution is 0.239. The molecule has 0 aliphatic carbocycles. The van der Waals surface area contributed by atoms with E-state index in [0.29, 0.717) is 5.02 Å². The van der Waals surface area contributed by atoms with Crippen LogP contribution in [0, 0.1) is 0 Å². The summed E-state index contributed by atoms with van der Waals surface area (Å²) in [6.07, 6.45) is 0.907. The van der Waals surface area contributed by atoms with E-state index in [1.807, 2.05) is 30.3 Å². The summed E-state index contributed by atoms with van der Waals surface area (Å²) in [5.74, 6) is 0.774. The molecular formula is C15H17ClN3O. The summed E-state index contributed by atoms with van der Waals surface area (Å²) >= 11 is 5.99. The minimum atomic E-state index is 0.706. The van der Waals surface area contributed by atoms with Crippen LogP contribution in [0.2, 0.25) is 5.02 Å². The van der Waals surface area contributed by atoms with Gasteiger partial charge in [-0.15, -0.1) is 0 Å². The number of nitrogens with zero attached hydrogens (tertiary/aromatic N) is 3. The molecule has 0 atom stereocenters. The van der Waals surface area contributed by atoms with E-state index in [1.54, 1.807) is 0 Å². The number of rotatable bonds is 4. The van der Waals surface area contributed by atoms with Crippen molar-refractivity contribution in [3.8, 4) is 11.3 Å². The number of piperazine rings is 1. The van der Waals surface area contributed by atoms with Crippen LogP contribution in [0.5, 0.6) is 0 Å². The predicted molar refractivity (Wildman–Crippen MR) is 79.0 cm³/mol. The van der Waals surface area contributed by atoms with Gasteiger partial charge in [-0.05, 0) is 12.1 Å². The van der Waals surface area contributed by atoms with Gasteiger partial charge in [0.2, 0.25) is 0 Å². The topological polar surface area (TPSA) is 43.4 Å². The smallest absolute Gasteiger partial charge is 0.167 e. The van der Waals surface area contributed by atoms with Crippen molar-refractivity contribution < 1.29 is 4.52 Å². The molecule has 0 saturated carbocycles. The lowest BCUT2D eigenvalue weighted by atomic mass is 10.1. The van der Waals surface area contributed by atoms with Gasteiger partial charge >= 0.3 is 0 Å². The molecule has 2 heterocycles. The van der Waals surface area contributed by atoms with Crippen LogP contribution < -0.4 is 5.32 Å². The van der Waals surface area contributed by atoms with Gasteiger partial charge in [0.25, 0.3) is 0 Å². The molecule has 0 N–H and O–H groups in total. The van der Waals surface area contributed by atoms with E-state index in [-0.39, 0.29) is 0 Å². The molecule has 1 aliphatic heterocycles. The maximum Gasteiger partial charge on any atom is 0.167 e. The van der Waals surface area contributed by atoms with Gasteiger partial charge in [0, 0.05) is 55.8 Å². The Morgan fingerprint density at radius 2 is 2.05 bits per heavy atom. The fourth-order valence-electron chi connectivity index (χ4n) is 2.35. The average molecular weight is 291 g/mol. The first-order chi connectivity index (χ1) is 9.81. The van der Waals surface area contributed by atoms with Gasteiger partial charge in [-0.3, -0.25) is 0 Å². The van der Waals surface area contributed by atoms with Crippen molar-refractivity contribution >= 4 is 11.6 Å². The van der Waals surface area contributed by atoms with Crippen molar-refractivity contribution in [2.75, 3.05) is 32.7 Å². The summed E-state index contributed by atoms with van der Waals surface area (Å²) in [5.41, 5.74) is 1.95. The van der Waals surface area contributed by atoms with Gasteiger partial charge in [0.05, 0.1) is 5.69 Å². The minimum absolute atomic E-state index is 0.706. The Morgan fingerprint density at radius 3 is 2.85 bits per heavy atom. The van der Waals surface area contributed by atoms with Crippen LogP contribution in [0.1, 0.15) is 5.69 Å². The second-order valence-corrected chi connectivity index (χ2v) is 5.39. The van der Waals surface area contributed by atoms with Crippen molar-refractivity contribution in [2.45, 2.75) is 6.42 Å². The van der Waals surface area contributed by atoms with E-state index in [0.717, 1.165) is 56.2 Å². The summed E-state index contributed by atoms with van der Waals surface area (Å²) < 4.78 is 5.40. The molecule has 4 nitrogen and oxygen atoms in total. The molecule has 1 aliphatic rings. The lowest BCUT2D eigenvalue weighted by Crippen LogP contribution is -2.41. The van der Waals surface area contributed by atoms with Crippen LogP contribution in [0.4, 0.5) is 0 Å². The molecule has 0 unspecified atom stereocenters. The number of hydrogen-bond acceptors (Lipinski definition) is 3. The molecule has 1 radical (unpaired) electrons. The van der Waals surface area contributed by atoms with E-state index < -0.39 is 0 Å². The van der Waals surface area contributed by atoms with E-state index >= 15 is 0 Å². The van der Waals surface area contributed by atoms with E-state index in [1.165, 1.54) is 0 Å². The zero-order valence-corrected chi connectivity index (χ0v) is 12.0. The third-order valence-corrected chi connectivity index (χ3v) is 3.74. The zero-order chi connectivity index (χ0) is 13.8. The van der Waals surface area contributed by atoms with Crippen molar-refractivity contribution in [1.29, 1.82) is 0 Å². The minimum Gasteiger partial charge on any atom is -0.356 e. The van der Waals surface area contributed by atoms with E-state index in [9.17, 15) is 0 Å². The molecule has 1 aromatic carbocycles. The normalized spacial score (nSPS) is 16.4. The van der Waals surface area contributed by atoms with Crippen LogP contribution in [0.3, 0.4) is 0 Å². The largest absolute Gasteiger partial charge is 0.356 e. The number of halogens is 1. The Labute approximate surface area is 123 Å². The maximum atomic E-state index is 5.99. The Bertz CT molecular complexity index is 564. The van der Waals surface area contributed by atoms with Crippen LogP contribution >= 0.6 is 11.6 Å². The van der Waals surface area contributed by atoms with Gasteiger partial charge < -0.3 is 9.42 Å². The van der Waals surface area contributed by atoms with Gasteiger partial charge in [-0.2, -0.15) is 0 Å². The molecule has 0 amide bonds. The SMILES string of the molecule is Clc1cccc(-c2cc(CCN3CC[N]CC3)no2)c1. The van der Waals surface area contributed by atoms with Crippen molar-refractivity contribution in [3.63, 3.8) is 0 Å². The number of hydrogen-bond donors (Lipinski definition) is 0. The molecular weight excluding hydrogens is 274 g/mol. The van der Waals surface area contributed by atoms with Gasteiger partial charge in [-0.1, -0.05) is 28.9 Å². The molecule has 0 spiro atoms. The summed E-state index contributed by atoms with van der Waals surface area (Å²) in [7, 11) is 0.